The molecular formula is C18H12ClNO3. The van der Waals surface area contributed by atoms with Crippen molar-refractivity contribution in [3.8, 4) is 17.6 Å². The fourth-order valence-corrected chi connectivity index (χ4v) is 2.48. The number of rotatable bonds is 3. The second-order valence-corrected chi connectivity index (χ2v) is 5.32. The molecule has 5 heteroatoms. The van der Waals surface area contributed by atoms with Crippen LogP contribution in [0.5, 0.6) is 11.5 Å². The SMILES string of the molecule is N#Cc1ccc(C(=O)/C=C/c2cc(Cl)c3c(c2)OCCO3)cc1. The Balaban J connectivity index is 1.80. The van der Waals surface area contributed by atoms with Crippen LogP contribution in [0.25, 0.3) is 6.08 Å². The highest BCUT2D eigenvalue weighted by Crippen LogP contribution is 2.38. The van der Waals surface area contributed by atoms with Gasteiger partial charge >= 0.3 is 0 Å². The lowest BCUT2D eigenvalue weighted by molar-refractivity contribution is 0.104. The summed E-state index contributed by atoms with van der Waals surface area (Å²) >= 11 is 6.16. The molecule has 0 aliphatic carbocycles. The smallest absolute Gasteiger partial charge is 0.185 e. The van der Waals surface area contributed by atoms with Gasteiger partial charge in [0, 0.05) is 5.56 Å². The van der Waals surface area contributed by atoms with Crippen LogP contribution in [-0.4, -0.2) is 19.0 Å². The third kappa shape index (κ3) is 3.36. The van der Waals surface area contributed by atoms with Gasteiger partial charge in [0.1, 0.15) is 13.2 Å². The number of nitrogens with zero attached hydrogens (tertiary/aromatic N) is 1. The number of halogens is 1. The molecule has 23 heavy (non-hydrogen) atoms. The van der Waals surface area contributed by atoms with E-state index < -0.39 is 0 Å². The number of allylic oxidation sites excluding steroid dienone is 1. The average Bonchev–Trinajstić information content (AvgIpc) is 2.60. The topological polar surface area (TPSA) is 59.3 Å². The molecule has 2 aromatic carbocycles. The monoisotopic (exact) mass is 325 g/mol. The number of nitriles is 1. The highest BCUT2D eigenvalue weighted by Gasteiger charge is 2.16. The summed E-state index contributed by atoms with van der Waals surface area (Å²) in [6, 6.07) is 12.0. The molecule has 0 bridgehead atoms. The fourth-order valence-electron chi connectivity index (χ4n) is 2.20. The number of carbonyl (C=O) groups is 1. The van der Waals surface area contributed by atoms with Crippen molar-refractivity contribution < 1.29 is 14.3 Å². The third-order valence-corrected chi connectivity index (χ3v) is 3.63. The van der Waals surface area contributed by atoms with Gasteiger partial charge in [-0.2, -0.15) is 5.26 Å². The van der Waals surface area contributed by atoms with E-state index in [2.05, 4.69) is 0 Å². The lowest BCUT2D eigenvalue weighted by Gasteiger charge is -2.19. The Labute approximate surface area is 138 Å². The standard InChI is InChI=1S/C18H12ClNO3/c19-15-9-13(10-17-18(15)23-8-7-22-17)3-6-16(21)14-4-1-12(11-20)2-5-14/h1-6,9-10H,7-8H2/b6-3+. The van der Waals surface area contributed by atoms with E-state index in [9.17, 15) is 4.79 Å². The molecule has 0 unspecified atom stereocenters. The third-order valence-electron chi connectivity index (χ3n) is 3.34. The average molecular weight is 326 g/mol. The lowest BCUT2D eigenvalue weighted by Crippen LogP contribution is -2.15. The maximum atomic E-state index is 12.1. The van der Waals surface area contributed by atoms with Crippen LogP contribution in [0.2, 0.25) is 5.02 Å². The van der Waals surface area contributed by atoms with Gasteiger partial charge in [0.25, 0.3) is 0 Å². The number of ketones is 1. The summed E-state index contributed by atoms with van der Waals surface area (Å²) in [5.74, 6) is 0.961. The van der Waals surface area contributed by atoms with E-state index in [1.54, 1.807) is 42.5 Å². The van der Waals surface area contributed by atoms with Gasteiger partial charge in [0.2, 0.25) is 0 Å². The zero-order valence-electron chi connectivity index (χ0n) is 12.1. The summed E-state index contributed by atoms with van der Waals surface area (Å²) in [7, 11) is 0. The molecule has 4 nitrogen and oxygen atoms in total. The van der Waals surface area contributed by atoms with E-state index in [0.29, 0.717) is 40.9 Å². The van der Waals surface area contributed by atoms with E-state index in [-0.39, 0.29) is 5.78 Å². The van der Waals surface area contributed by atoms with Gasteiger partial charge in [-0.05, 0) is 48.0 Å². The summed E-state index contributed by atoms with van der Waals surface area (Å²) in [6.07, 6.45) is 3.13. The van der Waals surface area contributed by atoms with Crippen LogP contribution in [0.4, 0.5) is 0 Å². The first-order valence-corrected chi connectivity index (χ1v) is 7.37. The first kappa shape index (κ1) is 15.1. The van der Waals surface area contributed by atoms with Crippen LogP contribution < -0.4 is 9.47 Å². The molecule has 0 atom stereocenters. The molecule has 0 N–H and O–H groups in total. The number of ether oxygens (including phenoxy) is 2. The van der Waals surface area contributed by atoms with Gasteiger partial charge in [-0.3, -0.25) is 4.79 Å². The largest absolute Gasteiger partial charge is 0.486 e. The molecule has 0 fully saturated rings. The van der Waals surface area contributed by atoms with Gasteiger partial charge in [0.05, 0.1) is 16.7 Å². The molecular weight excluding hydrogens is 314 g/mol. The van der Waals surface area contributed by atoms with Crippen molar-refractivity contribution >= 4 is 23.5 Å². The second kappa shape index (κ2) is 6.55. The van der Waals surface area contributed by atoms with Gasteiger partial charge in [-0.25, -0.2) is 0 Å². The Kier molecular flexibility index (Phi) is 4.31. The van der Waals surface area contributed by atoms with Crippen molar-refractivity contribution in [3.63, 3.8) is 0 Å². The van der Waals surface area contributed by atoms with Crippen molar-refractivity contribution in [3.05, 3.63) is 64.2 Å². The van der Waals surface area contributed by atoms with Crippen LogP contribution in [-0.2, 0) is 0 Å². The molecule has 0 saturated carbocycles. The Hall–Kier alpha value is -2.77. The maximum Gasteiger partial charge on any atom is 0.185 e. The predicted octanol–water partition coefficient (Wildman–Crippen LogP) is 3.88. The number of hydrogen-bond donors (Lipinski definition) is 0. The molecule has 1 aliphatic heterocycles. The van der Waals surface area contributed by atoms with E-state index in [0.717, 1.165) is 5.56 Å². The number of hydrogen-bond acceptors (Lipinski definition) is 4. The molecule has 2 aromatic rings. The summed E-state index contributed by atoms with van der Waals surface area (Å²) < 4.78 is 11.0. The Bertz CT molecular complexity index is 819. The summed E-state index contributed by atoms with van der Waals surface area (Å²) in [5.41, 5.74) is 1.79. The van der Waals surface area contributed by atoms with Crippen molar-refractivity contribution in [1.82, 2.24) is 0 Å². The number of benzene rings is 2. The molecule has 0 saturated heterocycles. The first-order chi connectivity index (χ1) is 11.2. The minimum atomic E-state index is -0.152. The molecule has 1 aliphatic rings. The summed E-state index contributed by atoms with van der Waals surface area (Å²) in [6.45, 7) is 0.944. The predicted molar refractivity (Wildman–Crippen MR) is 87.0 cm³/mol. The second-order valence-electron chi connectivity index (χ2n) is 4.91. The Morgan fingerprint density at radius 1 is 1.17 bits per heavy atom. The number of fused-ring (bicyclic) bond motifs is 1. The minimum absolute atomic E-state index is 0.152. The Morgan fingerprint density at radius 3 is 2.65 bits per heavy atom. The van der Waals surface area contributed by atoms with E-state index in [1.165, 1.54) is 6.08 Å². The van der Waals surface area contributed by atoms with E-state index >= 15 is 0 Å². The minimum Gasteiger partial charge on any atom is -0.486 e. The van der Waals surface area contributed by atoms with Gasteiger partial charge in [-0.15, -0.1) is 0 Å². The summed E-state index contributed by atoms with van der Waals surface area (Å²) in [4.78, 5) is 12.1. The molecule has 114 valence electrons. The van der Waals surface area contributed by atoms with E-state index in [4.69, 9.17) is 26.3 Å². The fraction of sp³-hybridized carbons (Fsp3) is 0.111. The van der Waals surface area contributed by atoms with Gasteiger partial charge < -0.3 is 9.47 Å². The highest BCUT2D eigenvalue weighted by atomic mass is 35.5. The molecule has 0 spiro atoms. The van der Waals surface area contributed by atoms with Crippen LogP contribution >= 0.6 is 11.6 Å². The maximum absolute atomic E-state index is 12.1. The van der Waals surface area contributed by atoms with Crippen LogP contribution in [0.15, 0.2) is 42.5 Å². The van der Waals surface area contributed by atoms with Crippen molar-refractivity contribution in [1.29, 1.82) is 5.26 Å². The highest BCUT2D eigenvalue weighted by molar-refractivity contribution is 6.32. The molecule has 0 radical (unpaired) electrons. The Morgan fingerprint density at radius 2 is 1.91 bits per heavy atom. The van der Waals surface area contributed by atoms with Crippen LogP contribution in [0.3, 0.4) is 0 Å². The van der Waals surface area contributed by atoms with Crippen molar-refractivity contribution in [2.45, 2.75) is 0 Å². The van der Waals surface area contributed by atoms with Crippen LogP contribution in [0, 0.1) is 11.3 Å². The molecule has 0 aromatic heterocycles. The normalized spacial score (nSPS) is 12.9. The first-order valence-electron chi connectivity index (χ1n) is 6.99. The zero-order valence-corrected chi connectivity index (χ0v) is 12.8. The number of carbonyl (C=O) groups excluding carboxylic acids is 1. The summed E-state index contributed by atoms with van der Waals surface area (Å²) in [5, 5.41) is 9.21. The lowest BCUT2D eigenvalue weighted by atomic mass is 10.1. The molecule has 3 rings (SSSR count). The van der Waals surface area contributed by atoms with Crippen LogP contribution in [0.1, 0.15) is 21.5 Å². The van der Waals surface area contributed by atoms with Crippen molar-refractivity contribution in [2.24, 2.45) is 0 Å². The van der Waals surface area contributed by atoms with E-state index in [1.807, 2.05) is 6.07 Å². The molecule has 0 amide bonds. The van der Waals surface area contributed by atoms with Gasteiger partial charge in [-0.1, -0.05) is 17.7 Å². The zero-order chi connectivity index (χ0) is 16.2. The molecule has 1 heterocycles. The van der Waals surface area contributed by atoms with Gasteiger partial charge in [0.15, 0.2) is 17.3 Å². The quantitative estimate of drug-likeness (QED) is 0.634. The van der Waals surface area contributed by atoms with Crippen molar-refractivity contribution in [2.75, 3.05) is 13.2 Å².